The summed E-state index contributed by atoms with van der Waals surface area (Å²) in [4.78, 5) is 14.0. The zero-order valence-electron chi connectivity index (χ0n) is 13.9. The predicted octanol–water partition coefficient (Wildman–Crippen LogP) is 2.17. The maximum absolute atomic E-state index is 12.3. The van der Waals surface area contributed by atoms with Crippen LogP contribution in [0.5, 0.6) is 0 Å². The highest BCUT2D eigenvalue weighted by Crippen LogP contribution is 2.26. The maximum Gasteiger partial charge on any atom is 0.317 e. The molecule has 2 N–H and O–H groups in total. The lowest BCUT2D eigenvalue weighted by Gasteiger charge is -2.23. The third-order valence-corrected chi connectivity index (χ3v) is 4.65. The molecule has 1 aliphatic carbocycles. The fourth-order valence-electron chi connectivity index (χ4n) is 3.27. The quantitative estimate of drug-likeness (QED) is 0.884. The van der Waals surface area contributed by atoms with Crippen LogP contribution in [0.25, 0.3) is 5.69 Å². The molecule has 0 aliphatic heterocycles. The molecule has 1 saturated carbocycles. The molecule has 0 saturated heterocycles. The maximum atomic E-state index is 12.3. The fraction of sp³-hybridized carbons (Fsp3) is 0.444. The molecule has 0 bridgehead atoms. The molecule has 1 heterocycles. The zero-order chi connectivity index (χ0) is 16.9. The Balaban J connectivity index is 1.58. The van der Waals surface area contributed by atoms with Crippen molar-refractivity contribution in [2.45, 2.75) is 31.9 Å². The van der Waals surface area contributed by atoms with Gasteiger partial charge < -0.3 is 15.3 Å². The first-order chi connectivity index (χ1) is 11.6. The van der Waals surface area contributed by atoms with Crippen LogP contribution in [0.4, 0.5) is 4.79 Å². The Morgan fingerprint density at radius 1 is 1.38 bits per heavy atom. The minimum absolute atomic E-state index is 0.121. The molecule has 2 aromatic rings. The topological polar surface area (TPSA) is 70.4 Å². The van der Waals surface area contributed by atoms with E-state index in [-0.39, 0.29) is 18.1 Å². The molecule has 24 heavy (non-hydrogen) atoms. The van der Waals surface area contributed by atoms with E-state index in [1.54, 1.807) is 22.8 Å². The molecule has 1 fully saturated rings. The van der Waals surface area contributed by atoms with Crippen LogP contribution in [0.1, 0.15) is 24.8 Å². The first kappa shape index (κ1) is 16.5. The van der Waals surface area contributed by atoms with Crippen LogP contribution in [0.2, 0.25) is 0 Å². The van der Waals surface area contributed by atoms with Crippen molar-refractivity contribution < 1.29 is 9.90 Å². The van der Waals surface area contributed by atoms with Gasteiger partial charge in [0.25, 0.3) is 0 Å². The van der Waals surface area contributed by atoms with Gasteiger partial charge in [-0.05, 0) is 30.5 Å². The predicted molar refractivity (Wildman–Crippen MR) is 91.8 cm³/mol. The van der Waals surface area contributed by atoms with Crippen LogP contribution in [0.3, 0.4) is 0 Å². The van der Waals surface area contributed by atoms with Crippen LogP contribution in [-0.4, -0.2) is 45.5 Å². The van der Waals surface area contributed by atoms with E-state index in [2.05, 4.69) is 10.4 Å². The van der Waals surface area contributed by atoms with Crippen LogP contribution >= 0.6 is 0 Å². The number of hydrogen-bond donors (Lipinski definition) is 2. The SMILES string of the molecule is CN(CC1CCCC1O)C(=O)NCc1ccccc1-n1cccn1. The molecule has 1 aromatic heterocycles. The smallest absolute Gasteiger partial charge is 0.317 e. The van der Waals surface area contributed by atoms with E-state index in [9.17, 15) is 9.90 Å². The number of carbonyl (C=O) groups is 1. The van der Waals surface area contributed by atoms with Crippen LogP contribution in [0.15, 0.2) is 42.7 Å². The van der Waals surface area contributed by atoms with E-state index >= 15 is 0 Å². The number of para-hydroxylation sites is 1. The van der Waals surface area contributed by atoms with Gasteiger partial charge in [-0.3, -0.25) is 0 Å². The number of carbonyl (C=O) groups excluding carboxylic acids is 1. The van der Waals surface area contributed by atoms with Crippen molar-refractivity contribution in [3.63, 3.8) is 0 Å². The first-order valence-corrected chi connectivity index (χ1v) is 8.40. The average Bonchev–Trinajstić information content (AvgIpc) is 3.25. The van der Waals surface area contributed by atoms with E-state index in [0.29, 0.717) is 13.1 Å². The van der Waals surface area contributed by atoms with Gasteiger partial charge in [0.1, 0.15) is 0 Å². The van der Waals surface area contributed by atoms with E-state index < -0.39 is 0 Å². The number of nitrogens with one attached hydrogen (secondary N) is 1. The summed E-state index contributed by atoms with van der Waals surface area (Å²) < 4.78 is 1.79. The fourth-order valence-corrected chi connectivity index (χ4v) is 3.27. The van der Waals surface area contributed by atoms with Crippen molar-refractivity contribution in [3.8, 4) is 5.69 Å². The summed E-state index contributed by atoms with van der Waals surface area (Å²) in [5, 5.41) is 17.1. The Kier molecular flexibility index (Phi) is 5.15. The van der Waals surface area contributed by atoms with Gasteiger partial charge in [-0.25, -0.2) is 9.48 Å². The largest absolute Gasteiger partial charge is 0.393 e. The molecule has 2 amide bonds. The van der Waals surface area contributed by atoms with Crippen molar-refractivity contribution in [1.29, 1.82) is 0 Å². The summed E-state index contributed by atoms with van der Waals surface area (Å²) in [6, 6.07) is 9.62. The van der Waals surface area contributed by atoms with Crippen molar-refractivity contribution in [2.24, 2.45) is 5.92 Å². The van der Waals surface area contributed by atoms with Gasteiger partial charge in [-0.15, -0.1) is 0 Å². The molecule has 0 radical (unpaired) electrons. The summed E-state index contributed by atoms with van der Waals surface area (Å²) in [5.41, 5.74) is 1.96. The number of amides is 2. The molecule has 128 valence electrons. The molecular weight excluding hydrogens is 304 g/mol. The Labute approximate surface area is 142 Å². The number of hydrogen-bond acceptors (Lipinski definition) is 3. The Hall–Kier alpha value is -2.34. The molecule has 1 aromatic carbocycles. The Bertz CT molecular complexity index is 671. The summed E-state index contributed by atoms with van der Waals surface area (Å²) in [6.45, 7) is 1.03. The van der Waals surface area contributed by atoms with Gasteiger partial charge in [0.15, 0.2) is 0 Å². The number of urea groups is 1. The molecule has 3 rings (SSSR count). The van der Waals surface area contributed by atoms with E-state index in [1.807, 2.05) is 36.5 Å². The zero-order valence-corrected chi connectivity index (χ0v) is 13.9. The summed E-state index contributed by atoms with van der Waals surface area (Å²) in [7, 11) is 1.78. The molecule has 0 spiro atoms. The van der Waals surface area contributed by atoms with Crippen LogP contribution < -0.4 is 5.32 Å². The van der Waals surface area contributed by atoms with Gasteiger partial charge in [-0.2, -0.15) is 5.10 Å². The van der Waals surface area contributed by atoms with E-state index in [1.165, 1.54) is 0 Å². The van der Waals surface area contributed by atoms with Gasteiger partial charge in [0.2, 0.25) is 0 Å². The van der Waals surface area contributed by atoms with Gasteiger partial charge >= 0.3 is 6.03 Å². The molecular formula is C18H24N4O2. The summed E-state index contributed by atoms with van der Waals surface area (Å²) in [6.07, 6.45) is 6.21. The van der Waals surface area contributed by atoms with Gasteiger partial charge in [0, 0.05) is 38.4 Å². The molecule has 1 aliphatic rings. The minimum Gasteiger partial charge on any atom is -0.393 e. The van der Waals surface area contributed by atoms with E-state index in [0.717, 1.165) is 30.5 Å². The molecule has 6 heteroatoms. The summed E-state index contributed by atoms with van der Waals surface area (Å²) in [5.74, 6) is 0.192. The number of benzene rings is 1. The second-order valence-electron chi connectivity index (χ2n) is 6.38. The number of rotatable bonds is 5. The Morgan fingerprint density at radius 2 is 2.21 bits per heavy atom. The lowest BCUT2D eigenvalue weighted by Crippen LogP contribution is -2.41. The van der Waals surface area contributed by atoms with Crippen LogP contribution in [0, 0.1) is 5.92 Å². The molecule has 2 atom stereocenters. The summed E-state index contributed by atoms with van der Waals surface area (Å²) >= 11 is 0. The van der Waals surface area contributed by atoms with Crippen molar-refractivity contribution >= 4 is 6.03 Å². The number of aromatic nitrogens is 2. The first-order valence-electron chi connectivity index (χ1n) is 8.40. The number of aliphatic hydroxyl groups is 1. The molecule has 6 nitrogen and oxygen atoms in total. The highest BCUT2D eigenvalue weighted by atomic mass is 16.3. The second-order valence-corrected chi connectivity index (χ2v) is 6.38. The van der Waals surface area contributed by atoms with E-state index in [4.69, 9.17) is 0 Å². The number of nitrogens with zero attached hydrogens (tertiary/aromatic N) is 3. The highest BCUT2D eigenvalue weighted by Gasteiger charge is 2.27. The minimum atomic E-state index is -0.277. The normalized spacial score (nSPS) is 20.1. The highest BCUT2D eigenvalue weighted by molar-refractivity contribution is 5.74. The van der Waals surface area contributed by atoms with Crippen LogP contribution in [-0.2, 0) is 6.54 Å². The third kappa shape index (κ3) is 3.76. The average molecular weight is 328 g/mol. The van der Waals surface area contributed by atoms with Crippen molar-refractivity contribution in [2.75, 3.05) is 13.6 Å². The third-order valence-electron chi connectivity index (χ3n) is 4.65. The molecule has 2 unspecified atom stereocenters. The van der Waals surface area contributed by atoms with Crippen molar-refractivity contribution in [1.82, 2.24) is 20.0 Å². The lowest BCUT2D eigenvalue weighted by atomic mass is 10.1. The lowest BCUT2D eigenvalue weighted by molar-refractivity contribution is 0.114. The second kappa shape index (κ2) is 7.49. The van der Waals surface area contributed by atoms with Crippen molar-refractivity contribution in [3.05, 3.63) is 48.3 Å². The monoisotopic (exact) mass is 328 g/mol. The van der Waals surface area contributed by atoms with Gasteiger partial charge in [-0.1, -0.05) is 24.6 Å². The standard InChI is InChI=1S/C18H24N4O2/c1-21(13-15-7-4-9-17(15)23)18(24)19-12-14-6-2-3-8-16(14)22-11-5-10-20-22/h2-3,5-6,8,10-11,15,17,23H,4,7,9,12-13H2,1H3,(H,19,24). The number of aliphatic hydroxyl groups excluding tert-OH is 1. The Morgan fingerprint density at radius 3 is 2.92 bits per heavy atom. The van der Waals surface area contributed by atoms with Gasteiger partial charge in [0.05, 0.1) is 11.8 Å².